The highest BCUT2D eigenvalue weighted by Gasteiger charge is 2.47. The molecule has 1 aliphatic rings. The highest BCUT2D eigenvalue weighted by atomic mass is 16.5. The van der Waals surface area contributed by atoms with Gasteiger partial charge in [0.05, 0.1) is 19.3 Å². The van der Waals surface area contributed by atoms with E-state index in [4.69, 9.17) is 4.74 Å². The third-order valence-electron chi connectivity index (χ3n) is 3.76. The number of carboxylic acids is 1. The van der Waals surface area contributed by atoms with Crippen molar-refractivity contribution in [1.29, 1.82) is 0 Å². The Labute approximate surface area is 122 Å². The first-order chi connectivity index (χ1) is 9.93. The molecule has 0 aromatic carbocycles. The van der Waals surface area contributed by atoms with Crippen molar-refractivity contribution in [1.82, 2.24) is 15.2 Å². The van der Waals surface area contributed by atoms with Crippen molar-refractivity contribution in [2.75, 3.05) is 20.3 Å². The van der Waals surface area contributed by atoms with Crippen LogP contribution in [0.25, 0.3) is 0 Å². The first-order valence-electron chi connectivity index (χ1n) is 6.65. The first kappa shape index (κ1) is 15.2. The lowest BCUT2D eigenvalue weighted by molar-refractivity contribution is -0.148. The second-order valence-electron chi connectivity index (χ2n) is 5.45. The second-order valence-corrected chi connectivity index (χ2v) is 5.45. The SMILES string of the molecule is CN(Cc1ccncc1)C(=O)NC1COCC1(C)C(=O)O. The number of nitrogens with zero attached hydrogens (tertiary/aromatic N) is 2. The first-order valence-corrected chi connectivity index (χ1v) is 6.65. The van der Waals surface area contributed by atoms with Crippen LogP contribution in [0.5, 0.6) is 0 Å². The van der Waals surface area contributed by atoms with Gasteiger partial charge in [0.15, 0.2) is 0 Å². The predicted molar refractivity (Wildman–Crippen MR) is 74.6 cm³/mol. The number of nitrogens with one attached hydrogen (secondary N) is 1. The van der Waals surface area contributed by atoms with Crippen LogP contribution >= 0.6 is 0 Å². The number of ether oxygens (including phenoxy) is 1. The van der Waals surface area contributed by atoms with Crippen molar-refractivity contribution in [3.8, 4) is 0 Å². The van der Waals surface area contributed by atoms with Crippen LogP contribution in [-0.2, 0) is 16.1 Å². The minimum Gasteiger partial charge on any atom is -0.481 e. The molecule has 1 saturated heterocycles. The van der Waals surface area contributed by atoms with Gasteiger partial charge in [0.1, 0.15) is 5.41 Å². The topological polar surface area (TPSA) is 91.8 Å². The molecule has 2 amide bonds. The number of rotatable bonds is 4. The lowest BCUT2D eigenvalue weighted by Gasteiger charge is -2.28. The number of aliphatic carboxylic acids is 1. The summed E-state index contributed by atoms with van der Waals surface area (Å²) in [6.07, 6.45) is 3.32. The minimum atomic E-state index is -1.09. The van der Waals surface area contributed by atoms with Crippen LogP contribution in [0.1, 0.15) is 12.5 Å². The lowest BCUT2D eigenvalue weighted by atomic mass is 9.85. The Hall–Kier alpha value is -2.15. The highest BCUT2D eigenvalue weighted by Crippen LogP contribution is 2.28. The van der Waals surface area contributed by atoms with Crippen molar-refractivity contribution in [3.63, 3.8) is 0 Å². The Morgan fingerprint density at radius 3 is 2.81 bits per heavy atom. The average Bonchev–Trinajstić information content (AvgIpc) is 2.82. The number of hydrogen-bond acceptors (Lipinski definition) is 4. The van der Waals surface area contributed by atoms with E-state index >= 15 is 0 Å². The monoisotopic (exact) mass is 293 g/mol. The van der Waals surface area contributed by atoms with Gasteiger partial charge in [0.2, 0.25) is 0 Å². The molecule has 7 nitrogen and oxygen atoms in total. The molecule has 1 aromatic heterocycles. The van der Waals surface area contributed by atoms with Crippen molar-refractivity contribution < 1.29 is 19.4 Å². The van der Waals surface area contributed by atoms with Crippen LogP contribution in [0, 0.1) is 5.41 Å². The Kier molecular flexibility index (Phi) is 4.42. The second kappa shape index (κ2) is 6.09. The third kappa shape index (κ3) is 3.30. The zero-order valence-corrected chi connectivity index (χ0v) is 12.1. The largest absolute Gasteiger partial charge is 0.481 e. The smallest absolute Gasteiger partial charge is 0.317 e. The Morgan fingerprint density at radius 2 is 2.19 bits per heavy atom. The summed E-state index contributed by atoms with van der Waals surface area (Å²) in [5.41, 5.74) is -0.140. The molecule has 7 heteroatoms. The van der Waals surface area contributed by atoms with E-state index in [2.05, 4.69) is 10.3 Å². The maximum atomic E-state index is 12.2. The van der Waals surface area contributed by atoms with Crippen LogP contribution in [-0.4, -0.2) is 53.3 Å². The van der Waals surface area contributed by atoms with E-state index in [1.54, 1.807) is 26.4 Å². The third-order valence-corrected chi connectivity index (χ3v) is 3.76. The van der Waals surface area contributed by atoms with Gasteiger partial charge in [-0.2, -0.15) is 0 Å². The van der Waals surface area contributed by atoms with Crippen molar-refractivity contribution in [2.45, 2.75) is 19.5 Å². The number of carbonyl (C=O) groups is 2. The summed E-state index contributed by atoms with van der Waals surface area (Å²) in [6, 6.07) is 2.78. The molecule has 1 aromatic rings. The normalized spacial score (nSPS) is 24.6. The number of carboxylic acid groups (broad SMARTS) is 1. The summed E-state index contributed by atoms with van der Waals surface area (Å²) < 4.78 is 5.21. The Balaban J connectivity index is 1.96. The van der Waals surface area contributed by atoms with E-state index in [0.29, 0.717) is 6.54 Å². The van der Waals surface area contributed by atoms with E-state index in [9.17, 15) is 14.7 Å². The maximum Gasteiger partial charge on any atom is 0.317 e. The summed E-state index contributed by atoms with van der Waals surface area (Å²) in [4.78, 5) is 28.9. The molecule has 114 valence electrons. The molecular weight excluding hydrogens is 274 g/mol. The molecule has 0 aliphatic carbocycles. The number of carbonyl (C=O) groups excluding carboxylic acids is 1. The number of aromatic nitrogens is 1. The molecule has 2 unspecified atom stereocenters. The average molecular weight is 293 g/mol. The van der Waals surface area contributed by atoms with Crippen LogP contribution in [0.2, 0.25) is 0 Å². The molecule has 2 heterocycles. The summed E-state index contributed by atoms with van der Waals surface area (Å²) in [5.74, 6) is -0.970. The standard InChI is InChI=1S/C14H19N3O4/c1-14(12(18)19)9-21-8-11(14)16-13(20)17(2)7-10-3-5-15-6-4-10/h3-6,11H,7-9H2,1-2H3,(H,16,20)(H,18,19). The van der Waals surface area contributed by atoms with E-state index < -0.39 is 17.4 Å². The van der Waals surface area contributed by atoms with Crippen LogP contribution in [0.15, 0.2) is 24.5 Å². The zero-order valence-electron chi connectivity index (χ0n) is 12.1. The number of urea groups is 1. The molecule has 0 spiro atoms. The fourth-order valence-electron chi connectivity index (χ4n) is 2.18. The van der Waals surface area contributed by atoms with Gasteiger partial charge in [-0.05, 0) is 24.6 Å². The molecule has 0 saturated carbocycles. The predicted octanol–water partition coefficient (Wildman–Crippen LogP) is 0.713. The number of amides is 2. The lowest BCUT2D eigenvalue weighted by Crippen LogP contribution is -2.52. The van der Waals surface area contributed by atoms with Gasteiger partial charge in [0.25, 0.3) is 0 Å². The van der Waals surface area contributed by atoms with Crippen LogP contribution < -0.4 is 5.32 Å². The summed E-state index contributed by atoms with van der Waals surface area (Å²) >= 11 is 0. The fraction of sp³-hybridized carbons (Fsp3) is 0.500. The van der Waals surface area contributed by atoms with Gasteiger partial charge in [-0.1, -0.05) is 0 Å². The Morgan fingerprint density at radius 1 is 1.52 bits per heavy atom. The molecule has 21 heavy (non-hydrogen) atoms. The van der Waals surface area contributed by atoms with Crippen LogP contribution in [0.3, 0.4) is 0 Å². The quantitative estimate of drug-likeness (QED) is 0.853. The van der Waals surface area contributed by atoms with E-state index in [-0.39, 0.29) is 19.2 Å². The molecule has 2 atom stereocenters. The molecule has 2 rings (SSSR count). The van der Waals surface area contributed by atoms with E-state index in [0.717, 1.165) is 5.56 Å². The van der Waals surface area contributed by atoms with Crippen molar-refractivity contribution in [2.24, 2.45) is 5.41 Å². The van der Waals surface area contributed by atoms with E-state index in [1.807, 2.05) is 12.1 Å². The molecule has 2 N–H and O–H groups in total. The van der Waals surface area contributed by atoms with Gasteiger partial charge in [-0.25, -0.2) is 4.79 Å². The molecule has 1 fully saturated rings. The van der Waals surface area contributed by atoms with Crippen molar-refractivity contribution in [3.05, 3.63) is 30.1 Å². The number of pyridine rings is 1. The van der Waals surface area contributed by atoms with E-state index in [1.165, 1.54) is 4.90 Å². The van der Waals surface area contributed by atoms with Gasteiger partial charge < -0.3 is 20.1 Å². The van der Waals surface area contributed by atoms with Crippen molar-refractivity contribution >= 4 is 12.0 Å². The molecule has 0 bridgehead atoms. The molecular formula is C14H19N3O4. The Bertz CT molecular complexity index is 522. The highest BCUT2D eigenvalue weighted by molar-refractivity contribution is 5.79. The molecule has 0 radical (unpaired) electrons. The van der Waals surface area contributed by atoms with Crippen LogP contribution in [0.4, 0.5) is 4.79 Å². The van der Waals surface area contributed by atoms with Gasteiger partial charge in [0, 0.05) is 26.0 Å². The summed E-state index contributed by atoms with van der Waals surface area (Å²) in [5, 5.41) is 12.0. The van der Waals surface area contributed by atoms with Gasteiger partial charge >= 0.3 is 12.0 Å². The number of hydrogen-bond donors (Lipinski definition) is 2. The summed E-state index contributed by atoms with van der Waals surface area (Å²) in [7, 11) is 1.66. The van der Waals surface area contributed by atoms with Gasteiger partial charge in [-0.15, -0.1) is 0 Å². The zero-order chi connectivity index (χ0) is 15.5. The minimum absolute atomic E-state index is 0.0986. The fourth-order valence-corrected chi connectivity index (χ4v) is 2.18. The maximum absolute atomic E-state index is 12.2. The summed E-state index contributed by atoms with van der Waals surface area (Å²) in [6.45, 7) is 2.31. The molecule has 1 aliphatic heterocycles. The van der Waals surface area contributed by atoms with Gasteiger partial charge in [-0.3, -0.25) is 9.78 Å².